The lowest BCUT2D eigenvalue weighted by atomic mass is 9.92. The average molecular weight is 330 g/mol. The van der Waals surface area contributed by atoms with Gasteiger partial charge in [0.2, 0.25) is 0 Å². The van der Waals surface area contributed by atoms with Crippen molar-refractivity contribution in [2.75, 3.05) is 46.4 Å². The van der Waals surface area contributed by atoms with Crippen LogP contribution in [0.3, 0.4) is 0 Å². The van der Waals surface area contributed by atoms with Crippen molar-refractivity contribution in [1.82, 2.24) is 0 Å². The van der Waals surface area contributed by atoms with Gasteiger partial charge in [-0.25, -0.2) is 0 Å². The summed E-state index contributed by atoms with van der Waals surface area (Å²) in [6.45, 7) is -0.624. The van der Waals surface area contributed by atoms with Crippen LogP contribution in [0.5, 0.6) is 0 Å². The Bertz CT molecular complexity index is 251. The van der Waals surface area contributed by atoms with Crippen molar-refractivity contribution in [1.29, 1.82) is 0 Å². The van der Waals surface area contributed by atoms with Crippen molar-refractivity contribution in [3.05, 3.63) is 0 Å². The van der Waals surface area contributed by atoms with Gasteiger partial charge in [-0.2, -0.15) is 0 Å². The molecule has 0 spiro atoms. The maximum Gasteiger partial charge on any atom is 0.146 e. The fourth-order valence-corrected chi connectivity index (χ4v) is 1.52. The molecule has 1 aliphatic rings. The molecule has 0 saturated carbocycles. The Kier molecular flexibility index (Phi) is 11.0. The molecule has 0 aromatic heterocycles. The molecule has 0 aromatic rings. The van der Waals surface area contributed by atoms with E-state index in [9.17, 15) is 0 Å². The molecule has 8 N–H and O–H groups in total. The molecule has 0 aliphatic carbocycles. The highest BCUT2D eigenvalue weighted by Gasteiger charge is 2.32. The maximum absolute atomic E-state index is 8.96. The van der Waals surface area contributed by atoms with Crippen LogP contribution in [0.1, 0.15) is 0 Å². The van der Waals surface area contributed by atoms with Gasteiger partial charge < -0.3 is 50.3 Å². The first-order valence-corrected chi connectivity index (χ1v) is 6.68. The summed E-state index contributed by atoms with van der Waals surface area (Å²) in [5, 5.41) is 69.8. The highest BCUT2D eigenvalue weighted by Crippen LogP contribution is 2.19. The number of hydrogen-bond acceptors (Lipinski definition) is 10. The van der Waals surface area contributed by atoms with Gasteiger partial charge in [0.25, 0.3) is 0 Å². The van der Waals surface area contributed by atoms with Gasteiger partial charge in [-0.15, -0.1) is 0 Å². The molecule has 0 amide bonds. The lowest BCUT2D eigenvalue weighted by Gasteiger charge is -2.32. The fraction of sp³-hybridized carbons (Fsp3) is 1.00. The summed E-state index contributed by atoms with van der Waals surface area (Å²) >= 11 is 0. The van der Waals surface area contributed by atoms with Gasteiger partial charge in [0.15, 0.2) is 0 Å². The van der Waals surface area contributed by atoms with Crippen LogP contribution in [0.25, 0.3) is 0 Å². The summed E-state index contributed by atoms with van der Waals surface area (Å²) in [6, 6.07) is 0. The molecular formula is C12H26O10. The van der Waals surface area contributed by atoms with E-state index in [1.165, 1.54) is 0 Å². The molecule has 1 rings (SSSR count). The van der Waals surface area contributed by atoms with Gasteiger partial charge >= 0.3 is 0 Å². The number of aliphatic hydroxyl groups is 8. The van der Waals surface area contributed by atoms with Crippen LogP contribution in [0, 0.1) is 5.41 Å². The van der Waals surface area contributed by atoms with E-state index in [1.54, 1.807) is 0 Å². The zero-order chi connectivity index (χ0) is 17.2. The van der Waals surface area contributed by atoms with E-state index < -0.39 is 43.0 Å². The molecule has 4 unspecified atom stereocenters. The number of aliphatic hydroxyl groups excluding tert-OH is 8. The monoisotopic (exact) mass is 330 g/mol. The molecule has 0 bridgehead atoms. The summed E-state index contributed by atoms with van der Waals surface area (Å²) in [4.78, 5) is 0. The van der Waals surface area contributed by atoms with Gasteiger partial charge in [0.1, 0.15) is 31.2 Å². The largest absolute Gasteiger partial charge is 0.396 e. The van der Waals surface area contributed by atoms with Gasteiger partial charge in [-0.1, -0.05) is 0 Å². The van der Waals surface area contributed by atoms with E-state index in [0.29, 0.717) is 13.2 Å². The quantitative estimate of drug-likeness (QED) is 0.226. The third-order valence-corrected chi connectivity index (χ3v) is 3.17. The highest BCUT2D eigenvalue weighted by atomic mass is 16.7. The van der Waals surface area contributed by atoms with Crippen LogP contribution in [-0.2, 0) is 9.47 Å². The summed E-state index contributed by atoms with van der Waals surface area (Å²) in [5.74, 6) is 0. The number of hydrogen-bond donors (Lipinski definition) is 8. The third-order valence-electron chi connectivity index (χ3n) is 3.17. The molecule has 1 heterocycles. The van der Waals surface area contributed by atoms with E-state index in [-0.39, 0.29) is 20.0 Å². The molecule has 0 radical (unpaired) electrons. The summed E-state index contributed by atoms with van der Waals surface area (Å²) in [7, 11) is 0. The van der Waals surface area contributed by atoms with Crippen LogP contribution >= 0.6 is 0 Å². The predicted octanol–water partition coefficient (Wildman–Crippen LogP) is -4.62. The smallest absolute Gasteiger partial charge is 0.146 e. The second kappa shape index (κ2) is 11.2. The molecule has 1 fully saturated rings. The Morgan fingerprint density at radius 2 is 1.09 bits per heavy atom. The minimum absolute atomic E-state index is 0.0938. The molecule has 4 atom stereocenters. The molecule has 0 aromatic carbocycles. The van der Waals surface area contributed by atoms with Crippen molar-refractivity contribution in [2.45, 2.75) is 24.4 Å². The SMILES string of the molecule is OCC(O)C(O)C(O)C(O)CO.OCC1(CO)COCOC1. The standard InChI is InChI=1S/C6H14O6.C6H12O4/c7-1-3(9)5(11)6(12)4(10)2-8;7-1-6(2-8)3-9-5-10-4-6/h3-12H,1-2H2;7-8H,1-5H2. The molecule has 1 saturated heterocycles. The van der Waals surface area contributed by atoms with Crippen molar-refractivity contribution >= 4 is 0 Å². The lowest BCUT2D eigenvalue weighted by Crippen LogP contribution is -2.46. The average Bonchev–Trinajstić information content (AvgIpc) is 2.59. The minimum Gasteiger partial charge on any atom is -0.396 e. The van der Waals surface area contributed by atoms with Crippen LogP contribution in [0.4, 0.5) is 0 Å². The number of rotatable bonds is 7. The summed E-state index contributed by atoms with van der Waals surface area (Å²) < 4.78 is 9.85. The molecule has 1 aliphatic heterocycles. The van der Waals surface area contributed by atoms with E-state index in [2.05, 4.69) is 0 Å². The van der Waals surface area contributed by atoms with Crippen molar-refractivity contribution in [3.63, 3.8) is 0 Å². The highest BCUT2D eigenvalue weighted by molar-refractivity contribution is 4.80. The molecule has 134 valence electrons. The summed E-state index contributed by atoms with van der Waals surface area (Å²) in [5.41, 5.74) is -0.571. The van der Waals surface area contributed by atoms with Gasteiger partial charge in [0.05, 0.1) is 45.1 Å². The Morgan fingerprint density at radius 3 is 1.32 bits per heavy atom. The van der Waals surface area contributed by atoms with Gasteiger partial charge in [-0.05, 0) is 0 Å². The van der Waals surface area contributed by atoms with Gasteiger partial charge in [0, 0.05) is 0 Å². The predicted molar refractivity (Wildman–Crippen MR) is 71.6 cm³/mol. The van der Waals surface area contributed by atoms with Crippen LogP contribution in [0.2, 0.25) is 0 Å². The fourth-order valence-electron chi connectivity index (χ4n) is 1.52. The van der Waals surface area contributed by atoms with Crippen LogP contribution in [0.15, 0.2) is 0 Å². The molecule has 10 nitrogen and oxygen atoms in total. The lowest BCUT2D eigenvalue weighted by molar-refractivity contribution is -0.187. The number of ether oxygens (including phenoxy) is 2. The van der Waals surface area contributed by atoms with Crippen LogP contribution < -0.4 is 0 Å². The Balaban J connectivity index is 0.000000406. The van der Waals surface area contributed by atoms with E-state index in [1.807, 2.05) is 0 Å². The zero-order valence-electron chi connectivity index (χ0n) is 12.2. The van der Waals surface area contributed by atoms with E-state index in [0.717, 1.165) is 0 Å². The second-order valence-corrected chi connectivity index (χ2v) is 5.11. The molecule has 22 heavy (non-hydrogen) atoms. The first-order valence-electron chi connectivity index (χ1n) is 6.68. The molecule has 10 heteroatoms. The third kappa shape index (κ3) is 6.79. The summed E-state index contributed by atoms with van der Waals surface area (Å²) in [6.07, 6.45) is -6.39. The first kappa shape index (κ1) is 21.6. The van der Waals surface area contributed by atoms with E-state index >= 15 is 0 Å². The topological polar surface area (TPSA) is 180 Å². The van der Waals surface area contributed by atoms with Crippen LogP contribution in [-0.4, -0.2) is 112 Å². The normalized spacial score (nSPS) is 22.9. The van der Waals surface area contributed by atoms with Crippen molar-refractivity contribution < 1.29 is 50.3 Å². The zero-order valence-corrected chi connectivity index (χ0v) is 12.2. The first-order chi connectivity index (χ1) is 10.4. The maximum atomic E-state index is 8.96. The molecular weight excluding hydrogens is 304 g/mol. The second-order valence-electron chi connectivity index (χ2n) is 5.11. The Labute approximate surface area is 127 Å². The minimum atomic E-state index is -1.67. The van der Waals surface area contributed by atoms with Crippen molar-refractivity contribution in [2.24, 2.45) is 5.41 Å². The van der Waals surface area contributed by atoms with Crippen molar-refractivity contribution in [3.8, 4) is 0 Å². The Morgan fingerprint density at radius 1 is 0.727 bits per heavy atom. The Hall–Kier alpha value is -0.400. The van der Waals surface area contributed by atoms with Gasteiger partial charge in [-0.3, -0.25) is 0 Å². The van der Waals surface area contributed by atoms with E-state index in [4.69, 9.17) is 50.3 Å².